The average Bonchev–Trinajstić information content (AvgIpc) is 3.22. The van der Waals surface area contributed by atoms with Crippen LogP contribution in [0.2, 0.25) is 0 Å². The van der Waals surface area contributed by atoms with Gasteiger partial charge in [-0.15, -0.1) is 0 Å². The van der Waals surface area contributed by atoms with Crippen molar-refractivity contribution in [2.24, 2.45) is 0 Å². The number of hydrogen-bond donors (Lipinski definition) is 0. The molecule has 6 heteroatoms. The Morgan fingerprint density at radius 2 is 1.62 bits per heavy atom. The summed E-state index contributed by atoms with van der Waals surface area (Å²) in [4.78, 5) is 29.3. The predicted molar refractivity (Wildman–Crippen MR) is 108 cm³/mol. The van der Waals surface area contributed by atoms with Crippen molar-refractivity contribution in [2.75, 3.05) is 33.4 Å². The maximum Gasteiger partial charge on any atom is 0.253 e. The first-order valence-corrected chi connectivity index (χ1v) is 10.0. The van der Waals surface area contributed by atoms with E-state index in [1.807, 2.05) is 35.2 Å². The summed E-state index contributed by atoms with van der Waals surface area (Å²) in [5.41, 5.74) is 2.12. The third-order valence-corrected chi connectivity index (χ3v) is 5.59. The molecule has 29 heavy (non-hydrogen) atoms. The van der Waals surface area contributed by atoms with E-state index in [2.05, 4.69) is 0 Å². The van der Waals surface area contributed by atoms with Gasteiger partial charge in [-0.25, -0.2) is 0 Å². The number of rotatable bonds is 4. The van der Waals surface area contributed by atoms with Crippen molar-refractivity contribution in [3.05, 3.63) is 71.3 Å². The van der Waals surface area contributed by atoms with Crippen LogP contribution in [0.1, 0.15) is 39.1 Å². The van der Waals surface area contributed by atoms with Gasteiger partial charge in [-0.1, -0.05) is 36.4 Å². The minimum atomic E-state index is -0.505. The van der Waals surface area contributed by atoms with Crippen LogP contribution in [-0.2, 0) is 16.0 Å². The predicted octanol–water partition coefficient (Wildman–Crippen LogP) is 2.94. The van der Waals surface area contributed by atoms with E-state index in [9.17, 15) is 9.59 Å². The maximum atomic E-state index is 13.0. The van der Waals surface area contributed by atoms with Crippen LogP contribution >= 0.6 is 0 Å². The van der Waals surface area contributed by atoms with Gasteiger partial charge in [-0.05, 0) is 23.8 Å². The minimum Gasteiger partial charge on any atom is -0.347 e. The SMILES string of the molecule is CN(Cc1ccccc1)C(=O)c1cccc(C(=O)N2CCC3(CC2)OCCO3)c1. The van der Waals surface area contributed by atoms with Crippen molar-refractivity contribution in [3.8, 4) is 0 Å². The van der Waals surface area contributed by atoms with Crippen LogP contribution in [0.25, 0.3) is 0 Å². The summed E-state index contributed by atoms with van der Waals surface area (Å²) in [6.45, 7) is 2.94. The highest BCUT2D eigenvalue weighted by atomic mass is 16.7. The summed E-state index contributed by atoms with van der Waals surface area (Å²) < 4.78 is 11.5. The molecule has 2 aromatic carbocycles. The van der Waals surface area contributed by atoms with Crippen molar-refractivity contribution in [1.29, 1.82) is 0 Å². The number of benzene rings is 2. The molecule has 6 nitrogen and oxygen atoms in total. The first-order valence-electron chi connectivity index (χ1n) is 10.0. The molecular weight excluding hydrogens is 368 g/mol. The quantitative estimate of drug-likeness (QED) is 0.800. The van der Waals surface area contributed by atoms with E-state index in [1.165, 1.54) is 0 Å². The Labute approximate surface area is 171 Å². The largest absolute Gasteiger partial charge is 0.347 e. The fraction of sp³-hybridized carbons (Fsp3) is 0.391. The van der Waals surface area contributed by atoms with E-state index in [0.717, 1.165) is 5.56 Å². The molecule has 2 aliphatic heterocycles. The molecular formula is C23H26N2O4. The monoisotopic (exact) mass is 394 g/mol. The smallest absolute Gasteiger partial charge is 0.253 e. The number of piperidine rings is 1. The van der Waals surface area contributed by atoms with Crippen molar-refractivity contribution in [3.63, 3.8) is 0 Å². The zero-order chi connectivity index (χ0) is 20.3. The van der Waals surface area contributed by atoms with Gasteiger partial charge in [0.1, 0.15) is 0 Å². The molecule has 2 saturated heterocycles. The molecule has 0 unspecified atom stereocenters. The number of hydrogen-bond acceptors (Lipinski definition) is 4. The van der Waals surface area contributed by atoms with Crippen LogP contribution in [0.15, 0.2) is 54.6 Å². The van der Waals surface area contributed by atoms with Crippen LogP contribution in [0.5, 0.6) is 0 Å². The van der Waals surface area contributed by atoms with Gasteiger partial charge in [0.15, 0.2) is 5.79 Å². The number of ether oxygens (including phenoxy) is 2. The standard InChI is InChI=1S/C23H26N2O4/c1-24(17-18-6-3-2-4-7-18)21(26)19-8-5-9-20(16-19)22(27)25-12-10-23(11-13-25)28-14-15-29-23/h2-9,16H,10-15,17H2,1H3. The molecule has 0 N–H and O–H groups in total. The Hall–Kier alpha value is -2.70. The molecule has 0 aliphatic carbocycles. The zero-order valence-corrected chi connectivity index (χ0v) is 16.7. The van der Waals surface area contributed by atoms with Crippen LogP contribution in [0.3, 0.4) is 0 Å². The first kappa shape index (κ1) is 19.6. The summed E-state index contributed by atoms with van der Waals surface area (Å²) in [7, 11) is 1.77. The number of likely N-dealkylation sites (tertiary alicyclic amines) is 1. The minimum absolute atomic E-state index is 0.0572. The average molecular weight is 394 g/mol. The highest BCUT2D eigenvalue weighted by molar-refractivity contribution is 5.99. The Kier molecular flexibility index (Phi) is 5.65. The van der Waals surface area contributed by atoms with Crippen LogP contribution in [0.4, 0.5) is 0 Å². The van der Waals surface area contributed by atoms with E-state index in [1.54, 1.807) is 36.2 Å². The molecule has 0 radical (unpaired) electrons. The van der Waals surface area contributed by atoms with Crippen molar-refractivity contribution in [2.45, 2.75) is 25.2 Å². The Balaban J connectivity index is 1.41. The van der Waals surface area contributed by atoms with Crippen molar-refractivity contribution >= 4 is 11.8 Å². The molecule has 2 heterocycles. The summed E-state index contributed by atoms with van der Waals surface area (Å²) in [6.07, 6.45) is 1.36. The van der Waals surface area contributed by atoms with Crippen LogP contribution < -0.4 is 0 Å². The highest BCUT2D eigenvalue weighted by Gasteiger charge is 2.40. The normalized spacial score (nSPS) is 18.0. The Morgan fingerprint density at radius 3 is 2.31 bits per heavy atom. The number of amides is 2. The molecule has 2 fully saturated rings. The van der Waals surface area contributed by atoms with E-state index in [-0.39, 0.29) is 11.8 Å². The molecule has 152 valence electrons. The van der Waals surface area contributed by atoms with Gasteiger partial charge in [0.25, 0.3) is 11.8 Å². The lowest BCUT2D eigenvalue weighted by Crippen LogP contribution is -2.47. The lowest BCUT2D eigenvalue weighted by Gasteiger charge is -2.37. The number of carbonyl (C=O) groups excluding carboxylic acids is 2. The van der Waals surface area contributed by atoms with E-state index in [0.29, 0.717) is 56.8 Å². The second kappa shape index (κ2) is 8.35. The molecule has 4 rings (SSSR count). The lowest BCUT2D eigenvalue weighted by atomic mass is 10.0. The topological polar surface area (TPSA) is 59.1 Å². The van der Waals surface area contributed by atoms with Gasteiger partial charge in [0.2, 0.25) is 0 Å². The second-order valence-electron chi connectivity index (χ2n) is 7.63. The first-order chi connectivity index (χ1) is 14.1. The van der Waals surface area contributed by atoms with Crippen LogP contribution in [0, 0.1) is 0 Å². The van der Waals surface area contributed by atoms with Gasteiger partial charge in [-0.2, -0.15) is 0 Å². The summed E-state index contributed by atoms with van der Waals surface area (Å²) in [5, 5.41) is 0. The van der Waals surface area contributed by atoms with Gasteiger partial charge >= 0.3 is 0 Å². The lowest BCUT2D eigenvalue weighted by molar-refractivity contribution is -0.181. The number of nitrogens with zero attached hydrogens (tertiary/aromatic N) is 2. The van der Waals surface area contributed by atoms with E-state index in [4.69, 9.17) is 9.47 Å². The molecule has 0 aromatic heterocycles. The molecule has 2 aromatic rings. The summed E-state index contributed by atoms with van der Waals surface area (Å²) in [6, 6.07) is 16.8. The van der Waals surface area contributed by atoms with Gasteiger partial charge in [-0.3, -0.25) is 9.59 Å². The van der Waals surface area contributed by atoms with Gasteiger partial charge < -0.3 is 19.3 Å². The van der Waals surface area contributed by atoms with E-state index >= 15 is 0 Å². The molecule has 0 atom stereocenters. The fourth-order valence-electron chi connectivity index (χ4n) is 3.95. The van der Waals surface area contributed by atoms with E-state index < -0.39 is 5.79 Å². The fourth-order valence-corrected chi connectivity index (χ4v) is 3.95. The zero-order valence-electron chi connectivity index (χ0n) is 16.7. The Bertz CT molecular complexity index is 867. The summed E-state index contributed by atoms with van der Waals surface area (Å²) >= 11 is 0. The molecule has 0 bridgehead atoms. The van der Waals surface area contributed by atoms with Crippen molar-refractivity contribution < 1.29 is 19.1 Å². The third-order valence-electron chi connectivity index (χ3n) is 5.59. The molecule has 2 aliphatic rings. The van der Waals surface area contributed by atoms with Crippen molar-refractivity contribution in [1.82, 2.24) is 9.80 Å². The second-order valence-corrected chi connectivity index (χ2v) is 7.63. The summed E-state index contributed by atoms with van der Waals surface area (Å²) in [5.74, 6) is -0.665. The molecule has 2 amide bonds. The van der Waals surface area contributed by atoms with Gasteiger partial charge in [0, 0.05) is 50.7 Å². The third kappa shape index (κ3) is 4.33. The van der Waals surface area contributed by atoms with Gasteiger partial charge in [0.05, 0.1) is 13.2 Å². The van der Waals surface area contributed by atoms with Crippen LogP contribution in [-0.4, -0.2) is 60.8 Å². The molecule has 0 saturated carbocycles. The maximum absolute atomic E-state index is 13.0. The molecule has 1 spiro atoms. The number of carbonyl (C=O) groups is 2. The highest BCUT2D eigenvalue weighted by Crippen LogP contribution is 2.31. The Morgan fingerprint density at radius 1 is 0.966 bits per heavy atom.